The van der Waals surface area contributed by atoms with Crippen molar-refractivity contribution in [3.8, 4) is 11.5 Å². The van der Waals surface area contributed by atoms with E-state index in [9.17, 15) is 9.59 Å². The van der Waals surface area contributed by atoms with Crippen molar-refractivity contribution < 1.29 is 9.21 Å². The van der Waals surface area contributed by atoms with Crippen LogP contribution in [-0.4, -0.2) is 38.7 Å². The molecule has 4 heterocycles. The first-order chi connectivity index (χ1) is 13.1. The van der Waals surface area contributed by atoms with Gasteiger partial charge >= 0.3 is 0 Å². The maximum Gasteiger partial charge on any atom is 0.263 e. The molecule has 1 aliphatic heterocycles. The lowest BCUT2D eigenvalue weighted by molar-refractivity contribution is 0.102. The van der Waals surface area contributed by atoms with Crippen molar-refractivity contribution in [1.82, 2.24) is 25.1 Å². The van der Waals surface area contributed by atoms with Gasteiger partial charge in [0.25, 0.3) is 11.5 Å². The molecule has 3 N–H and O–H groups in total. The Morgan fingerprint density at radius 3 is 2.75 bits per heavy atom. The summed E-state index contributed by atoms with van der Waals surface area (Å²) in [5.41, 5.74) is 0.00673. The number of halogens is 1. The number of amides is 1. The zero-order valence-electron chi connectivity index (χ0n) is 15.3. The summed E-state index contributed by atoms with van der Waals surface area (Å²) in [5.74, 6) is 1.31. The van der Waals surface area contributed by atoms with Crippen molar-refractivity contribution in [2.24, 2.45) is 7.05 Å². The van der Waals surface area contributed by atoms with Crippen LogP contribution in [0.4, 0.5) is 5.95 Å². The van der Waals surface area contributed by atoms with E-state index in [2.05, 4.69) is 25.7 Å². The predicted molar refractivity (Wildman–Crippen MR) is 106 cm³/mol. The van der Waals surface area contributed by atoms with Gasteiger partial charge in [-0.2, -0.15) is 10.1 Å². The van der Waals surface area contributed by atoms with E-state index in [0.29, 0.717) is 17.4 Å². The van der Waals surface area contributed by atoms with Gasteiger partial charge in [-0.05, 0) is 50.2 Å². The van der Waals surface area contributed by atoms with Crippen LogP contribution in [0.1, 0.15) is 34.9 Å². The number of piperidine rings is 1. The van der Waals surface area contributed by atoms with E-state index in [0.717, 1.165) is 31.8 Å². The lowest BCUT2D eigenvalue weighted by atomic mass is 9.98. The number of carbonyl (C=O) groups excluding carboxylic acids is 1. The molecule has 3 aromatic heterocycles. The second-order valence-corrected chi connectivity index (χ2v) is 6.49. The smallest absolute Gasteiger partial charge is 0.263 e. The molecule has 0 aromatic carbocycles. The van der Waals surface area contributed by atoms with Crippen LogP contribution in [0.3, 0.4) is 0 Å². The van der Waals surface area contributed by atoms with Gasteiger partial charge in [-0.3, -0.25) is 14.9 Å². The Balaban J connectivity index is 0.00000225. The lowest BCUT2D eigenvalue weighted by Crippen LogP contribution is -2.27. The largest absolute Gasteiger partial charge is 0.463 e. The number of aromatic amines is 1. The zero-order chi connectivity index (χ0) is 18.8. The zero-order valence-corrected chi connectivity index (χ0v) is 16.1. The number of aromatic nitrogens is 4. The van der Waals surface area contributed by atoms with Crippen LogP contribution >= 0.6 is 12.4 Å². The molecule has 28 heavy (non-hydrogen) atoms. The van der Waals surface area contributed by atoms with Gasteiger partial charge in [0.2, 0.25) is 5.95 Å². The molecule has 0 atom stereocenters. The van der Waals surface area contributed by atoms with Crippen molar-refractivity contribution >= 4 is 24.3 Å². The molecule has 0 aliphatic carbocycles. The topological polar surface area (TPSA) is 118 Å². The fourth-order valence-electron chi connectivity index (χ4n) is 3.16. The first-order valence-corrected chi connectivity index (χ1v) is 8.82. The Bertz CT molecular complexity index is 1000. The highest BCUT2D eigenvalue weighted by atomic mass is 35.5. The molecule has 148 valence electrons. The standard InChI is InChI=1S/C18H20N6O3.ClH/c1-24-18(21-15(23-24)11-6-8-19-9-7-11)22-17(26)12-4-5-13(20-16(12)25)14-3-2-10-27-14;/h2-5,10-11,19H,6-9H2,1H3,(H,20,25)(H,21,22,23,26);1H. The van der Waals surface area contributed by atoms with Crippen molar-refractivity contribution in [2.75, 3.05) is 18.4 Å². The fourth-order valence-corrected chi connectivity index (χ4v) is 3.16. The number of carbonyl (C=O) groups is 1. The van der Waals surface area contributed by atoms with Gasteiger partial charge in [0.05, 0.1) is 12.0 Å². The number of nitrogens with zero attached hydrogens (tertiary/aromatic N) is 3. The third-order valence-electron chi connectivity index (χ3n) is 4.65. The number of furan rings is 1. The van der Waals surface area contributed by atoms with Crippen LogP contribution in [0.25, 0.3) is 11.5 Å². The molecule has 10 heteroatoms. The number of hydrogen-bond donors (Lipinski definition) is 3. The molecule has 3 aromatic rings. The van der Waals surface area contributed by atoms with Gasteiger partial charge in [0.15, 0.2) is 5.82 Å². The van der Waals surface area contributed by atoms with E-state index < -0.39 is 11.5 Å². The van der Waals surface area contributed by atoms with Gasteiger partial charge in [0, 0.05) is 13.0 Å². The second-order valence-electron chi connectivity index (χ2n) is 6.49. The van der Waals surface area contributed by atoms with Crippen LogP contribution < -0.4 is 16.2 Å². The number of H-pyrrole nitrogens is 1. The van der Waals surface area contributed by atoms with Crippen molar-refractivity contribution in [3.63, 3.8) is 0 Å². The number of anilines is 1. The maximum atomic E-state index is 12.5. The summed E-state index contributed by atoms with van der Waals surface area (Å²) >= 11 is 0. The summed E-state index contributed by atoms with van der Waals surface area (Å²) in [5, 5.41) is 10.4. The molecule has 4 rings (SSSR count). The van der Waals surface area contributed by atoms with Crippen molar-refractivity contribution in [3.05, 3.63) is 52.3 Å². The molecule has 0 radical (unpaired) electrons. The van der Waals surface area contributed by atoms with Gasteiger partial charge in [-0.15, -0.1) is 12.4 Å². The molecule has 1 amide bonds. The summed E-state index contributed by atoms with van der Waals surface area (Å²) in [6.07, 6.45) is 3.44. The molecule has 0 saturated carbocycles. The summed E-state index contributed by atoms with van der Waals surface area (Å²) in [4.78, 5) is 31.9. The highest BCUT2D eigenvalue weighted by Gasteiger charge is 2.22. The summed E-state index contributed by atoms with van der Waals surface area (Å²) < 4.78 is 6.78. The number of rotatable bonds is 4. The molecular formula is C18H21ClN6O3. The Morgan fingerprint density at radius 1 is 1.29 bits per heavy atom. The van der Waals surface area contributed by atoms with E-state index >= 15 is 0 Å². The van der Waals surface area contributed by atoms with Crippen molar-refractivity contribution in [2.45, 2.75) is 18.8 Å². The highest BCUT2D eigenvalue weighted by molar-refractivity contribution is 6.03. The quantitative estimate of drug-likeness (QED) is 0.611. The van der Waals surface area contributed by atoms with Crippen LogP contribution in [0.2, 0.25) is 0 Å². The third-order valence-corrected chi connectivity index (χ3v) is 4.65. The minimum atomic E-state index is -0.533. The monoisotopic (exact) mass is 404 g/mol. The fraction of sp³-hybridized carbons (Fsp3) is 0.333. The molecule has 0 unspecified atom stereocenters. The Labute approximate surface area is 167 Å². The van der Waals surface area contributed by atoms with Crippen molar-refractivity contribution in [1.29, 1.82) is 0 Å². The molecule has 1 saturated heterocycles. The van der Waals surface area contributed by atoms with Gasteiger partial charge in [0.1, 0.15) is 11.3 Å². The Morgan fingerprint density at radius 2 is 2.07 bits per heavy atom. The SMILES string of the molecule is Cl.Cn1nc(C2CCNCC2)nc1NC(=O)c1ccc(-c2ccco2)[nH]c1=O. The second kappa shape index (κ2) is 8.41. The highest BCUT2D eigenvalue weighted by Crippen LogP contribution is 2.23. The molecular weight excluding hydrogens is 384 g/mol. The summed E-state index contributed by atoms with van der Waals surface area (Å²) in [6.45, 7) is 1.87. The minimum absolute atomic E-state index is 0. The van der Waals surface area contributed by atoms with Crippen LogP contribution in [0.5, 0.6) is 0 Å². The molecule has 1 fully saturated rings. The Hall–Kier alpha value is -2.91. The predicted octanol–water partition coefficient (Wildman–Crippen LogP) is 1.90. The summed E-state index contributed by atoms with van der Waals surface area (Å²) in [7, 11) is 1.72. The molecule has 0 spiro atoms. The average molecular weight is 405 g/mol. The average Bonchev–Trinajstić information content (AvgIpc) is 3.33. The normalized spacial score (nSPS) is 14.5. The first-order valence-electron chi connectivity index (χ1n) is 8.82. The number of hydrogen-bond acceptors (Lipinski definition) is 6. The molecule has 9 nitrogen and oxygen atoms in total. The van der Waals surface area contributed by atoms with E-state index in [-0.39, 0.29) is 23.9 Å². The molecule has 0 bridgehead atoms. The number of nitrogens with one attached hydrogen (secondary N) is 3. The van der Waals surface area contributed by atoms with Crippen LogP contribution in [0.15, 0.2) is 39.7 Å². The Kier molecular flexibility index (Phi) is 5.96. The van der Waals surface area contributed by atoms with Crippen LogP contribution in [-0.2, 0) is 7.05 Å². The maximum absolute atomic E-state index is 12.5. The minimum Gasteiger partial charge on any atom is -0.463 e. The van der Waals surface area contributed by atoms with Gasteiger partial charge < -0.3 is 14.7 Å². The number of pyridine rings is 1. The first kappa shape index (κ1) is 19.8. The van der Waals surface area contributed by atoms with Gasteiger partial charge in [-0.1, -0.05) is 0 Å². The summed E-state index contributed by atoms with van der Waals surface area (Å²) in [6, 6.07) is 6.55. The van der Waals surface area contributed by atoms with E-state index in [1.165, 1.54) is 17.0 Å². The third kappa shape index (κ3) is 4.00. The molecule has 1 aliphatic rings. The van der Waals surface area contributed by atoms with E-state index in [4.69, 9.17) is 4.42 Å². The van der Waals surface area contributed by atoms with E-state index in [1.807, 2.05) is 0 Å². The number of aryl methyl sites for hydroxylation is 1. The van der Waals surface area contributed by atoms with Gasteiger partial charge in [-0.25, -0.2) is 4.68 Å². The van der Waals surface area contributed by atoms with Crippen LogP contribution in [0, 0.1) is 0 Å². The van der Waals surface area contributed by atoms with E-state index in [1.54, 1.807) is 25.2 Å². The lowest BCUT2D eigenvalue weighted by Gasteiger charge is -2.19.